The van der Waals surface area contributed by atoms with Crippen LogP contribution in [0.2, 0.25) is 0 Å². The number of carbonyl (C=O) groups excluding carboxylic acids is 3. The van der Waals surface area contributed by atoms with Crippen molar-refractivity contribution in [2.24, 2.45) is 0 Å². The fourth-order valence-electron chi connectivity index (χ4n) is 8.90. The van der Waals surface area contributed by atoms with Gasteiger partial charge in [-0.2, -0.15) is 0 Å². The van der Waals surface area contributed by atoms with Crippen molar-refractivity contribution in [2.45, 2.75) is 322 Å². The van der Waals surface area contributed by atoms with Crippen LogP contribution in [0, 0.1) is 0 Å². The maximum atomic E-state index is 12.9. The molecule has 0 heterocycles. The molecule has 0 aliphatic rings. The van der Waals surface area contributed by atoms with E-state index in [2.05, 4.69) is 81.5 Å². The predicted octanol–water partition coefficient (Wildman–Crippen LogP) is 20.8. The van der Waals surface area contributed by atoms with Crippen LogP contribution < -0.4 is 0 Å². The Morgan fingerprint density at radius 3 is 0.887 bits per heavy atom. The van der Waals surface area contributed by atoms with Crippen LogP contribution in [0.1, 0.15) is 316 Å². The van der Waals surface area contributed by atoms with Crippen molar-refractivity contribution in [2.75, 3.05) is 13.2 Å². The molecule has 6 heteroatoms. The van der Waals surface area contributed by atoms with Crippen molar-refractivity contribution >= 4 is 17.9 Å². The summed E-state index contributed by atoms with van der Waals surface area (Å²) in [7, 11) is 0. The normalized spacial score (nSPS) is 12.4. The molecular weight excluding hydrogens is 877 g/mol. The summed E-state index contributed by atoms with van der Waals surface area (Å²) in [6.07, 6.45) is 75.0. The summed E-state index contributed by atoms with van der Waals surface area (Å²) in [6.45, 7) is 6.54. The van der Waals surface area contributed by atoms with E-state index < -0.39 is 6.10 Å². The maximum Gasteiger partial charge on any atom is 0.306 e. The highest BCUT2D eigenvalue weighted by atomic mass is 16.6. The lowest BCUT2D eigenvalue weighted by Gasteiger charge is -2.18. The quantitative estimate of drug-likeness (QED) is 0.0261. The van der Waals surface area contributed by atoms with E-state index in [9.17, 15) is 14.4 Å². The molecule has 0 N–H and O–H groups in total. The predicted molar refractivity (Wildman–Crippen MR) is 307 cm³/mol. The summed E-state index contributed by atoms with van der Waals surface area (Å²) >= 11 is 0. The van der Waals surface area contributed by atoms with Gasteiger partial charge in [0, 0.05) is 19.3 Å². The smallest absolute Gasteiger partial charge is 0.306 e. The van der Waals surface area contributed by atoms with Crippen LogP contribution in [0.15, 0.2) is 60.8 Å². The first-order chi connectivity index (χ1) is 35.0. The van der Waals surface area contributed by atoms with Gasteiger partial charge in [0.1, 0.15) is 13.2 Å². The fraction of sp³-hybridized carbons (Fsp3) is 0.800. The van der Waals surface area contributed by atoms with Crippen molar-refractivity contribution < 1.29 is 28.6 Å². The molecule has 0 aromatic rings. The Morgan fingerprint density at radius 1 is 0.296 bits per heavy atom. The van der Waals surface area contributed by atoms with Crippen LogP contribution in [0.25, 0.3) is 0 Å². The highest BCUT2D eigenvalue weighted by Gasteiger charge is 2.19. The Balaban J connectivity index is 4.33. The Morgan fingerprint density at radius 2 is 0.549 bits per heavy atom. The molecule has 0 bridgehead atoms. The minimum absolute atomic E-state index is 0.0781. The van der Waals surface area contributed by atoms with E-state index in [-0.39, 0.29) is 31.1 Å². The third-order valence-corrected chi connectivity index (χ3v) is 13.5. The number of allylic oxidation sites excluding steroid dienone is 10. The Labute approximate surface area is 440 Å². The van der Waals surface area contributed by atoms with Crippen LogP contribution in [0.3, 0.4) is 0 Å². The summed E-state index contributed by atoms with van der Waals surface area (Å²) in [6, 6.07) is 0. The number of hydrogen-bond acceptors (Lipinski definition) is 6. The molecule has 0 spiro atoms. The molecule has 0 rings (SSSR count). The summed E-state index contributed by atoms with van der Waals surface area (Å²) < 4.78 is 16.9. The highest BCUT2D eigenvalue weighted by Crippen LogP contribution is 2.17. The van der Waals surface area contributed by atoms with Gasteiger partial charge in [0.05, 0.1) is 0 Å². The lowest BCUT2D eigenvalue weighted by Crippen LogP contribution is -2.30. The molecule has 412 valence electrons. The molecule has 0 fully saturated rings. The molecule has 1 atom stereocenters. The van der Waals surface area contributed by atoms with E-state index in [0.717, 1.165) is 96.3 Å². The molecule has 0 radical (unpaired) electrons. The topological polar surface area (TPSA) is 78.9 Å². The first kappa shape index (κ1) is 68.1. The van der Waals surface area contributed by atoms with Gasteiger partial charge in [0.15, 0.2) is 6.10 Å². The summed E-state index contributed by atoms with van der Waals surface area (Å²) in [5.74, 6) is -0.877. The molecule has 0 aromatic carbocycles. The van der Waals surface area contributed by atoms with Gasteiger partial charge < -0.3 is 14.2 Å². The zero-order valence-electron chi connectivity index (χ0n) is 47.2. The monoisotopic (exact) mass is 993 g/mol. The van der Waals surface area contributed by atoms with Gasteiger partial charge in [0.25, 0.3) is 0 Å². The van der Waals surface area contributed by atoms with Crippen LogP contribution in [-0.4, -0.2) is 37.2 Å². The summed E-state index contributed by atoms with van der Waals surface area (Å²) in [5, 5.41) is 0. The molecule has 0 amide bonds. The second-order valence-electron chi connectivity index (χ2n) is 20.6. The largest absolute Gasteiger partial charge is 0.462 e. The lowest BCUT2D eigenvalue weighted by atomic mass is 10.0. The van der Waals surface area contributed by atoms with Gasteiger partial charge in [-0.25, -0.2) is 0 Å². The average Bonchev–Trinajstić information content (AvgIpc) is 3.37. The van der Waals surface area contributed by atoms with E-state index in [1.165, 1.54) is 180 Å². The molecule has 6 nitrogen and oxygen atoms in total. The van der Waals surface area contributed by atoms with Gasteiger partial charge in [-0.1, -0.05) is 274 Å². The zero-order valence-corrected chi connectivity index (χ0v) is 47.2. The van der Waals surface area contributed by atoms with Gasteiger partial charge >= 0.3 is 17.9 Å². The molecule has 0 aromatic heterocycles. The van der Waals surface area contributed by atoms with E-state index in [0.29, 0.717) is 19.3 Å². The van der Waals surface area contributed by atoms with E-state index >= 15 is 0 Å². The van der Waals surface area contributed by atoms with Gasteiger partial charge in [-0.15, -0.1) is 0 Å². The second kappa shape index (κ2) is 59.7. The average molecular weight is 994 g/mol. The number of carbonyl (C=O) groups is 3. The van der Waals surface area contributed by atoms with Crippen LogP contribution in [0.4, 0.5) is 0 Å². The molecule has 71 heavy (non-hydrogen) atoms. The fourth-order valence-corrected chi connectivity index (χ4v) is 8.90. The second-order valence-corrected chi connectivity index (χ2v) is 20.6. The van der Waals surface area contributed by atoms with Crippen molar-refractivity contribution in [1.82, 2.24) is 0 Å². The Kier molecular flexibility index (Phi) is 57.2. The number of esters is 3. The molecule has 0 aliphatic heterocycles. The van der Waals surface area contributed by atoms with E-state index in [1.807, 2.05) is 0 Å². The summed E-state index contributed by atoms with van der Waals surface area (Å²) in [4.78, 5) is 38.2. The van der Waals surface area contributed by atoms with Gasteiger partial charge in [-0.05, 0) is 83.5 Å². The molecular formula is C65H116O6. The number of hydrogen-bond donors (Lipinski definition) is 0. The summed E-state index contributed by atoms with van der Waals surface area (Å²) in [5.41, 5.74) is 0. The van der Waals surface area contributed by atoms with Crippen LogP contribution in [-0.2, 0) is 28.6 Å². The van der Waals surface area contributed by atoms with Crippen molar-refractivity contribution in [3.8, 4) is 0 Å². The molecule has 0 saturated heterocycles. The number of ether oxygens (including phenoxy) is 3. The third-order valence-electron chi connectivity index (χ3n) is 13.5. The van der Waals surface area contributed by atoms with E-state index in [4.69, 9.17) is 14.2 Å². The first-order valence-corrected chi connectivity index (χ1v) is 30.8. The first-order valence-electron chi connectivity index (χ1n) is 30.8. The lowest BCUT2D eigenvalue weighted by molar-refractivity contribution is -0.167. The van der Waals surface area contributed by atoms with Crippen molar-refractivity contribution in [1.29, 1.82) is 0 Å². The zero-order chi connectivity index (χ0) is 51.4. The third kappa shape index (κ3) is 57.9. The van der Waals surface area contributed by atoms with Crippen molar-refractivity contribution in [3.05, 3.63) is 60.8 Å². The molecule has 0 aliphatic carbocycles. The molecule has 1 unspecified atom stereocenters. The SMILES string of the molecule is CC/C=C\C/C=C\C/C=C\C/C=C\CCCCCCCCCCC(=O)OCC(COC(=O)CCCCCCC/C=C\CCCCCC)OC(=O)CCCCCCCCCCCCCCCCCCCCC. The number of unbranched alkanes of at least 4 members (excludes halogenated alkanes) is 35. The van der Waals surface area contributed by atoms with Crippen LogP contribution in [0.5, 0.6) is 0 Å². The molecule has 0 saturated carbocycles. The van der Waals surface area contributed by atoms with Crippen LogP contribution >= 0.6 is 0 Å². The van der Waals surface area contributed by atoms with E-state index in [1.54, 1.807) is 0 Å². The van der Waals surface area contributed by atoms with Gasteiger partial charge in [0.2, 0.25) is 0 Å². The Bertz CT molecular complexity index is 1280. The van der Waals surface area contributed by atoms with Gasteiger partial charge in [-0.3, -0.25) is 14.4 Å². The standard InChI is InChI=1S/C65H116O6/c1-4-7-10-13-16-19-22-25-27-29-31-32-34-35-37-40-43-46-49-52-55-58-64(67)70-61-62(60-69-63(66)57-54-51-48-45-42-39-24-21-18-15-12-9-6-3)71-65(68)59-56-53-50-47-44-41-38-36-33-30-28-26-23-20-17-14-11-8-5-2/h7,10,16,19,21,24-25,27,31-32,62H,4-6,8-9,11-15,17-18,20,22-23,26,28-30,33-61H2,1-3H3/b10-7-,19-16-,24-21-,27-25-,32-31-. The minimum atomic E-state index is -0.779. The Hall–Kier alpha value is -2.89. The maximum absolute atomic E-state index is 12.9. The number of rotatable bonds is 56. The highest BCUT2D eigenvalue weighted by molar-refractivity contribution is 5.71. The van der Waals surface area contributed by atoms with Crippen molar-refractivity contribution in [3.63, 3.8) is 0 Å². The minimum Gasteiger partial charge on any atom is -0.462 e.